The second-order valence-electron chi connectivity index (χ2n) is 4.82. The van der Waals surface area contributed by atoms with Crippen LogP contribution in [0.25, 0.3) is 11.4 Å². The zero-order valence-electron chi connectivity index (χ0n) is 11.5. The number of nitrogens with two attached hydrogens (primary N) is 1. The van der Waals surface area contributed by atoms with E-state index >= 15 is 0 Å². The van der Waals surface area contributed by atoms with Gasteiger partial charge in [-0.3, -0.25) is 0 Å². The fourth-order valence-corrected chi connectivity index (χ4v) is 2.93. The summed E-state index contributed by atoms with van der Waals surface area (Å²) < 4.78 is 0.916. The molecule has 0 fully saturated rings. The molecule has 0 saturated carbocycles. The predicted molar refractivity (Wildman–Crippen MR) is 86.8 cm³/mol. The number of halogens is 2. The molecule has 1 heterocycles. The van der Waals surface area contributed by atoms with Crippen LogP contribution in [0, 0.1) is 6.92 Å². The van der Waals surface area contributed by atoms with Crippen LogP contribution >= 0.6 is 27.5 Å². The zero-order chi connectivity index (χ0) is 14.9. The minimum Gasteiger partial charge on any atom is -0.308 e. The number of aromatic nitrogens is 2. The van der Waals surface area contributed by atoms with Crippen LogP contribution in [0.15, 0.2) is 22.7 Å². The predicted octanol–water partition coefficient (Wildman–Crippen LogP) is 4.28. The van der Waals surface area contributed by atoms with E-state index in [1.54, 1.807) is 0 Å². The Hall–Kier alpha value is -1.17. The second-order valence-corrected chi connectivity index (χ2v) is 6.14. The van der Waals surface area contributed by atoms with Crippen molar-refractivity contribution in [2.75, 3.05) is 5.43 Å². The van der Waals surface area contributed by atoms with Crippen molar-refractivity contribution < 1.29 is 0 Å². The van der Waals surface area contributed by atoms with Crippen LogP contribution in [0.5, 0.6) is 0 Å². The molecule has 20 heavy (non-hydrogen) atoms. The molecule has 0 aliphatic heterocycles. The third-order valence-corrected chi connectivity index (χ3v) is 3.83. The molecule has 1 aromatic heterocycles. The van der Waals surface area contributed by atoms with Crippen molar-refractivity contribution in [3.63, 3.8) is 0 Å². The van der Waals surface area contributed by atoms with Gasteiger partial charge in [-0.25, -0.2) is 15.8 Å². The minimum absolute atomic E-state index is 0.287. The lowest BCUT2D eigenvalue weighted by molar-refractivity contribution is 0.832. The van der Waals surface area contributed by atoms with Crippen molar-refractivity contribution in [1.82, 2.24) is 9.97 Å². The van der Waals surface area contributed by atoms with Crippen molar-refractivity contribution >= 4 is 33.3 Å². The highest BCUT2D eigenvalue weighted by Crippen LogP contribution is 2.32. The monoisotopic (exact) mass is 354 g/mol. The minimum atomic E-state index is 0.287. The summed E-state index contributed by atoms with van der Waals surface area (Å²) >= 11 is 9.64. The van der Waals surface area contributed by atoms with E-state index in [0.29, 0.717) is 16.7 Å². The molecule has 106 valence electrons. The average Bonchev–Trinajstić information content (AvgIpc) is 2.37. The van der Waals surface area contributed by atoms with Crippen LogP contribution in [0.1, 0.15) is 31.0 Å². The number of anilines is 1. The number of hydrogen-bond donors (Lipinski definition) is 2. The third kappa shape index (κ3) is 2.95. The number of hydrogen-bond acceptors (Lipinski definition) is 4. The van der Waals surface area contributed by atoms with Crippen molar-refractivity contribution in [3.05, 3.63) is 39.0 Å². The lowest BCUT2D eigenvalue weighted by Crippen LogP contribution is -2.14. The topological polar surface area (TPSA) is 63.8 Å². The van der Waals surface area contributed by atoms with Crippen molar-refractivity contribution in [2.45, 2.75) is 26.7 Å². The normalized spacial score (nSPS) is 10.9. The Morgan fingerprint density at radius 1 is 1.30 bits per heavy atom. The number of aryl methyl sites for hydroxylation is 1. The fourth-order valence-electron chi connectivity index (χ4n) is 2.17. The summed E-state index contributed by atoms with van der Waals surface area (Å²) in [5, 5.41) is 0.596. The smallest absolute Gasteiger partial charge is 0.163 e. The van der Waals surface area contributed by atoms with Gasteiger partial charge < -0.3 is 5.43 Å². The standard InChI is InChI=1S/C14H16BrClN4/c1-7(2)12-8(3)18-13(19-14(12)20-17)10-5-4-9(15)6-11(10)16/h4-7H,17H2,1-3H3,(H,18,19,20). The maximum atomic E-state index is 6.25. The highest BCUT2D eigenvalue weighted by Gasteiger charge is 2.16. The van der Waals surface area contributed by atoms with Crippen LogP contribution in [0.3, 0.4) is 0 Å². The highest BCUT2D eigenvalue weighted by molar-refractivity contribution is 9.10. The Bertz CT molecular complexity index is 643. The van der Waals surface area contributed by atoms with E-state index in [1.807, 2.05) is 25.1 Å². The molecule has 2 rings (SSSR count). The van der Waals surface area contributed by atoms with Crippen LogP contribution in [-0.2, 0) is 0 Å². The van der Waals surface area contributed by atoms with E-state index in [-0.39, 0.29) is 5.92 Å². The number of rotatable bonds is 3. The number of nitrogens with one attached hydrogen (secondary N) is 1. The molecule has 1 aromatic carbocycles. The summed E-state index contributed by atoms with van der Waals surface area (Å²) in [6.07, 6.45) is 0. The molecule has 4 nitrogen and oxygen atoms in total. The molecule has 0 saturated heterocycles. The number of benzene rings is 1. The van der Waals surface area contributed by atoms with Crippen molar-refractivity contribution in [3.8, 4) is 11.4 Å². The van der Waals surface area contributed by atoms with Crippen molar-refractivity contribution in [2.24, 2.45) is 5.84 Å². The van der Waals surface area contributed by atoms with Crippen LogP contribution in [0.4, 0.5) is 5.82 Å². The highest BCUT2D eigenvalue weighted by atomic mass is 79.9. The molecule has 0 atom stereocenters. The van der Waals surface area contributed by atoms with Gasteiger partial charge in [0, 0.05) is 21.3 Å². The second kappa shape index (κ2) is 6.08. The molecule has 3 N–H and O–H groups in total. The summed E-state index contributed by atoms with van der Waals surface area (Å²) in [6.45, 7) is 6.12. The first-order valence-electron chi connectivity index (χ1n) is 6.24. The van der Waals surface area contributed by atoms with Crippen LogP contribution < -0.4 is 11.3 Å². The molecular formula is C14H16BrClN4. The molecular weight excluding hydrogens is 340 g/mol. The van der Waals surface area contributed by atoms with Gasteiger partial charge in [0.25, 0.3) is 0 Å². The van der Waals surface area contributed by atoms with E-state index < -0.39 is 0 Å². The summed E-state index contributed by atoms with van der Waals surface area (Å²) in [7, 11) is 0. The molecule has 0 aliphatic rings. The van der Waals surface area contributed by atoms with E-state index in [9.17, 15) is 0 Å². The summed E-state index contributed by atoms with van der Waals surface area (Å²) in [4.78, 5) is 9.04. The average molecular weight is 356 g/mol. The van der Waals surface area contributed by atoms with Gasteiger partial charge in [-0.15, -0.1) is 0 Å². The molecule has 2 aromatic rings. The summed E-state index contributed by atoms with van der Waals surface area (Å²) in [5.74, 6) is 7.08. The Morgan fingerprint density at radius 2 is 2.00 bits per heavy atom. The van der Waals surface area contributed by atoms with E-state index in [4.69, 9.17) is 17.4 Å². The third-order valence-electron chi connectivity index (χ3n) is 3.02. The molecule has 0 radical (unpaired) electrons. The van der Waals surface area contributed by atoms with Gasteiger partial charge >= 0.3 is 0 Å². The fraction of sp³-hybridized carbons (Fsp3) is 0.286. The molecule has 0 amide bonds. The SMILES string of the molecule is Cc1nc(-c2ccc(Br)cc2Cl)nc(NN)c1C(C)C. The van der Waals surface area contributed by atoms with Gasteiger partial charge in [0.2, 0.25) is 0 Å². The molecule has 6 heteroatoms. The number of hydrazine groups is 1. The van der Waals surface area contributed by atoms with Gasteiger partial charge in [0.15, 0.2) is 5.82 Å². The van der Waals surface area contributed by atoms with Gasteiger partial charge in [-0.1, -0.05) is 41.4 Å². The van der Waals surface area contributed by atoms with E-state index in [0.717, 1.165) is 21.3 Å². The van der Waals surface area contributed by atoms with Crippen LogP contribution in [-0.4, -0.2) is 9.97 Å². The first-order valence-corrected chi connectivity index (χ1v) is 7.41. The quantitative estimate of drug-likeness (QED) is 0.637. The lowest BCUT2D eigenvalue weighted by atomic mass is 10.0. The summed E-state index contributed by atoms with van der Waals surface area (Å²) in [5.41, 5.74) is 5.36. The van der Waals surface area contributed by atoms with Gasteiger partial charge in [0.05, 0.1) is 5.02 Å². The lowest BCUT2D eigenvalue weighted by Gasteiger charge is -2.15. The maximum absolute atomic E-state index is 6.25. The molecule has 0 bridgehead atoms. The Morgan fingerprint density at radius 3 is 2.55 bits per heavy atom. The van der Waals surface area contributed by atoms with E-state index in [2.05, 4.69) is 45.2 Å². The van der Waals surface area contributed by atoms with Gasteiger partial charge in [-0.2, -0.15) is 0 Å². The van der Waals surface area contributed by atoms with Gasteiger partial charge in [0.1, 0.15) is 5.82 Å². The van der Waals surface area contributed by atoms with Gasteiger partial charge in [-0.05, 0) is 31.0 Å². The maximum Gasteiger partial charge on any atom is 0.163 e. The summed E-state index contributed by atoms with van der Waals surface area (Å²) in [6, 6.07) is 5.61. The number of nitrogens with zero attached hydrogens (tertiary/aromatic N) is 2. The largest absolute Gasteiger partial charge is 0.308 e. The zero-order valence-corrected chi connectivity index (χ0v) is 13.9. The van der Waals surface area contributed by atoms with Crippen LogP contribution in [0.2, 0.25) is 5.02 Å². The Kier molecular flexibility index (Phi) is 4.62. The first-order chi connectivity index (χ1) is 9.43. The first kappa shape index (κ1) is 15.2. The Balaban J connectivity index is 2.61. The van der Waals surface area contributed by atoms with Crippen molar-refractivity contribution in [1.29, 1.82) is 0 Å². The number of nitrogen functional groups attached to an aromatic ring is 1. The Labute approximate surface area is 131 Å². The van der Waals surface area contributed by atoms with E-state index in [1.165, 1.54) is 0 Å². The molecule has 0 unspecified atom stereocenters. The molecule has 0 aliphatic carbocycles. The molecule has 0 spiro atoms.